The summed E-state index contributed by atoms with van der Waals surface area (Å²) in [6.45, 7) is 6.42. The number of nitrogen functional groups attached to an aromatic ring is 1. The third kappa shape index (κ3) is 2.17. The number of aromatic nitrogens is 3. The van der Waals surface area contributed by atoms with Gasteiger partial charge in [0, 0.05) is 35.8 Å². The van der Waals surface area contributed by atoms with Crippen molar-refractivity contribution in [3.8, 4) is 11.3 Å². The zero-order valence-electron chi connectivity index (χ0n) is 12.9. The number of hydrogen-bond acceptors (Lipinski definition) is 3. The third-order valence-corrected chi connectivity index (χ3v) is 3.73. The summed E-state index contributed by atoms with van der Waals surface area (Å²) in [7, 11) is 1.96. The van der Waals surface area contributed by atoms with Gasteiger partial charge in [-0.25, -0.2) is 4.98 Å². The van der Waals surface area contributed by atoms with Crippen molar-refractivity contribution in [2.75, 3.05) is 5.73 Å². The van der Waals surface area contributed by atoms with Crippen LogP contribution in [0.1, 0.15) is 26.6 Å². The van der Waals surface area contributed by atoms with Crippen LogP contribution >= 0.6 is 0 Å². The molecule has 3 rings (SSSR count). The monoisotopic (exact) mass is 280 g/mol. The molecule has 108 valence electrons. The molecule has 0 aliphatic rings. The maximum atomic E-state index is 6.30. The molecular formula is C17H20N4. The summed E-state index contributed by atoms with van der Waals surface area (Å²) in [6.07, 6.45) is 3.70. The van der Waals surface area contributed by atoms with Gasteiger partial charge in [0.1, 0.15) is 17.3 Å². The fraction of sp³-hybridized carbons (Fsp3) is 0.294. The van der Waals surface area contributed by atoms with Gasteiger partial charge in [0.05, 0.1) is 0 Å². The molecule has 0 amide bonds. The minimum Gasteiger partial charge on any atom is -0.383 e. The molecule has 0 spiro atoms. The Bertz CT molecular complexity index is 804. The van der Waals surface area contributed by atoms with Crippen molar-refractivity contribution in [3.05, 3.63) is 42.5 Å². The maximum Gasteiger partial charge on any atom is 0.131 e. The molecule has 0 fully saturated rings. The lowest BCUT2D eigenvalue weighted by Gasteiger charge is -2.17. The Hall–Kier alpha value is -2.36. The van der Waals surface area contributed by atoms with Gasteiger partial charge in [-0.15, -0.1) is 0 Å². The molecule has 1 aromatic carbocycles. The topological polar surface area (TPSA) is 56.7 Å². The van der Waals surface area contributed by atoms with E-state index in [9.17, 15) is 0 Å². The van der Waals surface area contributed by atoms with E-state index in [0.29, 0.717) is 5.82 Å². The van der Waals surface area contributed by atoms with E-state index in [4.69, 9.17) is 10.7 Å². The normalized spacial score (nSPS) is 12.0. The van der Waals surface area contributed by atoms with E-state index in [-0.39, 0.29) is 5.41 Å². The lowest BCUT2D eigenvalue weighted by molar-refractivity contribution is 0.524. The van der Waals surface area contributed by atoms with Gasteiger partial charge in [-0.1, -0.05) is 45.0 Å². The third-order valence-electron chi connectivity index (χ3n) is 3.73. The summed E-state index contributed by atoms with van der Waals surface area (Å²) < 4.78 is 1.97. The number of nitrogens with zero attached hydrogens (tertiary/aromatic N) is 3. The molecule has 4 nitrogen and oxygen atoms in total. The van der Waals surface area contributed by atoms with Crippen LogP contribution in [0.15, 0.2) is 36.7 Å². The molecule has 21 heavy (non-hydrogen) atoms. The van der Waals surface area contributed by atoms with Gasteiger partial charge < -0.3 is 10.3 Å². The molecule has 0 saturated carbocycles. The summed E-state index contributed by atoms with van der Waals surface area (Å²) in [5, 5.41) is 2.22. The summed E-state index contributed by atoms with van der Waals surface area (Å²) in [6, 6.07) is 8.17. The number of hydrogen-bond donors (Lipinski definition) is 1. The number of rotatable bonds is 1. The van der Waals surface area contributed by atoms with Crippen molar-refractivity contribution in [3.63, 3.8) is 0 Å². The predicted octanol–water partition coefficient (Wildman–Crippen LogP) is 3.52. The molecule has 2 heterocycles. The van der Waals surface area contributed by atoms with Crippen LogP contribution < -0.4 is 5.73 Å². The number of pyridine rings is 1. The minimum atomic E-state index is -0.0564. The van der Waals surface area contributed by atoms with Crippen molar-refractivity contribution < 1.29 is 0 Å². The van der Waals surface area contributed by atoms with E-state index in [2.05, 4.69) is 37.9 Å². The molecule has 2 N–H and O–H groups in total. The van der Waals surface area contributed by atoms with Crippen LogP contribution in [0.5, 0.6) is 0 Å². The maximum absolute atomic E-state index is 6.30. The summed E-state index contributed by atoms with van der Waals surface area (Å²) in [5.41, 5.74) is 8.03. The number of fused-ring (bicyclic) bond motifs is 1. The molecule has 0 atom stereocenters. The van der Waals surface area contributed by atoms with Crippen molar-refractivity contribution >= 4 is 16.6 Å². The Balaban J connectivity index is 2.29. The van der Waals surface area contributed by atoms with Crippen molar-refractivity contribution in [1.29, 1.82) is 0 Å². The van der Waals surface area contributed by atoms with Crippen molar-refractivity contribution in [1.82, 2.24) is 14.5 Å². The second kappa shape index (κ2) is 4.58. The predicted molar refractivity (Wildman–Crippen MR) is 87.1 cm³/mol. The molecule has 0 radical (unpaired) electrons. The fourth-order valence-corrected chi connectivity index (χ4v) is 2.69. The molecule has 0 aliphatic heterocycles. The molecule has 0 bridgehead atoms. The summed E-state index contributed by atoms with van der Waals surface area (Å²) >= 11 is 0. The van der Waals surface area contributed by atoms with Crippen LogP contribution in [0.4, 0.5) is 5.82 Å². The molecule has 0 aliphatic carbocycles. The van der Waals surface area contributed by atoms with Gasteiger partial charge in [-0.05, 0) is 5.39 Å². The van der Waals surface area contributed by atoms with Crippen molar-refractivity contribution in [2.24, 2.45) is 7.05 Å². The van der Waals surface area contributed by atoms with Crippen LogP contribution in [0.3, 0.4) is 0 Å². The second-order valence-electron chi connectivity index (χ2n) is 6.39. The van der Waals surface area contributed by atoms with Crippen LogP contribution in [-0.2, 0) is 12.5 Å². The first-order valence-electron chi connectivity index (χ1n) is 7.05. The molecule has 2 aromatic heterocycles. The molecule has 0 saturated heterocycles. The highest BCUT2D eigenvalue weighted by Crippen LogP contribution is 2.34. The average Bonchev–Trinajstić information content (AvgIpc) is 2.75. The van der Waals surface area contributed by atoms with E-state index in [1.807, 2.05) is 36.1 Å². The minimum absolute atomic E-state index is 0.0564. The summed E-state index contributed by atoms with van der Waals surface area (Å²) in [4.78, 5) is 9.13. The molecule has 3 aromatic rings. The van der Waals surface area contributed by atoms with Gasteiger partial charge in [-0.2, -0.15) is 0 Å². The first-order chi connectivity index (χ1) is 9.89. The van der Waals surface area contributed by atoms with E-state index < -0.39 is 0 Å². The standard InChI is InChI=1S/C17H20N4/c1-17(2,3)16-20-14(15(18)21(16)4)13-10-19-9-11-7-5-6-8-12(11)13/h5-10H,18H2,1-4H3. The molecule has 4 heteroatoms. The van der Waals surface area contributed by atoms with Gasteiger partial charge in [0.2, 0.25) is 0 Å². The molecule has 0 unspecified atom stereocenters. The van der Waals surface area contributed by atoms with Gasteiger partial charge in [0.25, 0.3) is 0 Å². The number of imidazole rings is 1. The van der Waals surface area contributed by atoms with Gasteiger partial charge >= 0.3 is 0 Å². The van der Waals surface area contributed by atoms with Gasteiger partial charge in [-0.3, -0.25) is 4.98 Å². The summed E-state index contributed by atoms with van der Waals surface area (Å²) in [5.74, 6) is 1.65. The average molecular weight is 280 g/mol. The highest BCUT2D eigenvalue weighted by molar-refractivity contribution is 5.96. The zero-order chi connectivity index (χ0) is 15.2. The van der Waals surface area contributed by atoms with E-state index in [0.717, 1.165) is 27.9 Å². The van der Waals surface area contributed by atoms with Crippen LogP contribution in [0.2, 0.25) is 0 Å². The number of anilines is 1. The lowest BCUT2D eigenvalue weighted by Crippen LogP contribution is -2.17. The largest absolute Gasteiger partial charge is 0.383 e. The Morgan fingerprint density at radius 3 is 2.48 bits per heavy atom. The van der Waals surface area contributed by atoms with E-state index in [1.165, 1.54) is 0 Å². The van der Waals surface area contributed by atoms with Crippen molar-refractivity contribution in [2.45, 2.75) is 26.2 Å². The molecular weight excluding hydrogens is 260 g/mol. The van der Waals surface area contributed by atoms with Crippen LogP contribution in [0.25, 0.3) is 22.0 Å². The number of nitrogens with two attached hydrogens (primary N) is 1. The lowest BCUT2D eigenvalue weighted by atomic mass is 9.96. The first-order valence-corrected chi connectivity index (χ1v) is 7.05. The second-order valence-corrected chi connectivity index (χ2v) is 6.39. The van der Waals surface area contributed by atoms with E-state index in [1.54, 1.807) is 0 Å². The highest BCUT2D eigenvalue weighted by Gasteiger charge is 2.24. The van der Waals surface area contributed by atoms with Crippen LogP contribution in [-0.4, -0.2) is 14.5 Å². The van der Waals surface area contributed by atoms with Gasteiger partial charge in [0.15, 0.2) is 0 Å². The quantitative estimate of drug-likeness (QED) is 0.742. The highest BCUT2D eigenvalue weighted by atomic mass is 15.1. The number of benzene rings is 1. The van der Waals surface area contributed by atoms with Crippen LogP contribution in [0, 0.1) is 0 Å². The zero-order valence-corrected chi connectivity index (χ0v) is 12.9. The Morgan fingerprint density at radius 1 is 1.10 bits per heavy atom. The van der Waals surface area contributed by atoms with E-state index >= 15 is 0 Å². The Labute approximate surface area is 124 Å². The Morgan fingerprint density at radius 2 is 1.81 bits per heavy atom. The Kier molecular flexibility index (Phi) is 2.97. The SMILES string of the molecule is Cn1c(C(C)(C)C)nc(-c2cncc3ccccc23)c1N. The smallest absolute Gasteiger partial charge is 0.131 e. The first kappa shape index (κ1) is 13.6. The fourth-order valence-electron chi connectivity index (χ4n) is 2.69.